The van der Waals surface area contributed by atoms with E-state index in [1.54, 1.807) is 0 Å². The molecule has 2 aliphatic heterocycles. The van der Waals surface area contributed by atoms with Gasteiger partial charge in [0.1, 0.15) is 5.82 Å². The van der Waals surface area contributed by atoms with E-state index in [1.807, 2.05) is 13.8 Å². The number of hydrazine groups is 2. The summed E-state index contributed by atoms with van der Waals surface area (Å²) < 4.78 is 4.55. The van der Waals surface area contributed by atoms with E-state index < -0.39 is 6.09 Å². The fourth-order valence-corrected chi connectivity index (χ4v) is 1.51. The van der Waals surface area contributed by atoms with Gasteiger partial charge in [-0.1, -0.05) is 13.8 Å². The second kappa shape index (κ2) is 4.10. The van der Waals surface area contributed by atoms with Crippen LogP contribution < -0.4 is 10.9 Å². The van der Waals surface area contributed by atoms with Crippen LogP contribution in [0.3, 0.4) is 0 Å². The molecule has 92 valence electrons. The van der Waals surface area contributed by atoms with Crippen molar-refractivity contribution in [2.75, 3.05) is 7.11 Å². The van der Waals surface area contributed by atoms with E-state index in [1.165, 1.54) is 24.4 Å². The Morgan fingerprint density at radius 2 is 2.18 bits per heavy atom. The molecular weight excluding hydrogens is 224 g/mol. The third kappa shape index (κ3) is 1.96. The number of hydrogen-bond donors (Lipinski definition) is 2. The second-order valence-electron chi connectivity index (χ2n) is 4.01. The van der Waals surface area contributed by atoms with E-state index in [0.29, 0.717) is 5.82 Å². The summed E-state index contributed by atoms with van der Waals surface area (Å²) >= 11 is 0. The predicted octanol–water partition coefficient (Wildman–Crippen LogP) is 0.259. The molecule has 0 aromatic heterocycles. The molecule has 0 saturated heterocycles. The van der Waals surface area contributed by atoms with Crippen molar-refractivity contribution >= 4 is 12.0 Å². The molecule has 2 heterocycles. The largest absolute Gasteiger partial charge is 0.452 e. The van der Waals surface area contributed by atoms with Crippen LogP contribution in [0.4, 0.5) is 4.79 Å². The molecule has 7 heteroatoms. The molecule has 0 fully saturated rings. The lowest BCUT2D eigenvalue weighted by atomic mass is 10.1. The Labute approximate surface area is 98.6 Å². The van der Waals surface area contributed by atoms with Gasteiger partial charge in [-0.15, -0.1) is 5.53 Å². The average molecular weight is 238 g/mol. The van der Waals surface area contributed by atoms with Crippen LogP contribution >= 0.6 is 0 Å². The number of carbonyl (C=O) groups excluding carboxylic acids is 2. The molecule has 0 unspecified atom stereocenters. The normalized spacial score (nSPS) is 18.7. The zero-order valence-electron chi connectivity index (χ0n) is 9.85. The fraction of sp³-hybridized carbons (Fsp3) is 0.400. The Kier molecular flexibility index (Phi) is 2.76. The van der Waals surface area contributed by atoms with Crippen molar-refractivity contribution in [3.05, 3.63) is 23.8 Å². The molecule has 0 atom stereocenters. The van der Waals surface area contributed by atoms with Crippen LogP contribution in [0.15, 0.2) is 23.8 Å². The first kappa shape index (κ1) is 11.5. The van der Waals surface area contributed by atoms with Crippen LogP contribution in [0.1, 0.15) is 13.8 Å². The van der Waals surface area contributed by atoms with Crippen molar-refractivity contribution < 1.29 is 14.3 Å². The quantitative estimate of drug-likeness (QED) is 0.685. The zero-order chi connectivity index (χ0) is 12.6. The first-order valence-electron chi connectivity index (χ1n) is 5.21. The van der Waals surface area contributed by atoms with E-state index >= 15 is 0 Å². The number of amides is 2. The Hall–Kier alpha value is -2.02. The van der Waals surface area contributed by atoms with Crippen molar-refractivity contribution in [1.82, 2.24) is 20.9 Å². The number of ether oxygens (including phenoxy) is 1. The number of nitrogens with one attached hydrogen (secondary N) is 2. The summed E-state index contributed by atoms with van der Waals surface area (Å²) in [6.45, 7) is 3.95. The number of methoxy groups -OCH3 is 1. The molecule has 0 aromatic carbocycles. The summed E-state index contributed by atoms with van der Waals surface area (Å²) in [5.41, 5.74) is 3.41. The molecule has 7 nitrogen and oxygen atoms in total. The van der Waals surface area contributed by atoms with Gasteiger partial charge in [0.25, 0.3) is 5.91 Å². The van der Waals surface area contributed by atoms with Gasteiger partial charge >= 0.3 is 6.09 Å². The molecule has 2 N–H and O–H groups in total. The lowest BCUT2D eigenvalue weighted by molar-refractivity contribution is -0.129. The van der Waals surface area contributed by atoms with Crippen LogP contribution in [0.5, 0.6) is 0 Å². The smallest absolute Gasteiger partial charge is 0.429 e. The molecule has 0 spiro atoms. The molecule has 0 aliphatic carbocycles. The number of carbonyl (C=O) groups is 2. The van der Waals surface area contributed by atoms with Gasteiger partial charge in [-0.05, 0) is 5.92 Å². The monoisotopic (exact) mass is 238 g/mol. The molecule has 2 aliphatic rings. The lowest BCUT2D eigenvalue weighted by Gasteiger charge is -2.27. The number of rotatable bonds is 1. The van der Waals surface area contributed by atoms with E-state index in [0.717, 1.165) is 10.7 Å². The first-order valence-corrected chi connectivity index (χ1v) is 5.21. The average Bonchev–Trinajstić information content (AvgIpc) is 2.72. The highest BCUT2D eigenvalue weighted by Crippen LogP contribution is 2.19. The number of fused-ring (bicyclic) bond motifs is 1. The molecule has 2 amide bonds. The van der Waals surface area contributed by atoms with Crippen molar-refractivity contribution in [3.8, 4) is 0 Å². The van der Waals surface area contributed by atoms with Crippen molar-refractivity contribution in [2.45, 2.75) is 13.8 Å². The second-order valence-corrected chi connectivity index (χ2v) is 4.01. The molecule has 0 aromatic rings. The summed E-state index contributed by atoms with van der Waals surface area (Å²) in [7, 11) is 1.27. The van der Waals surface area contributed by atoms with Gasteiger partial charge < -0.3 is 10.1 Å². The Balaban J connectivity index is 2.21. The Bertz CT molecular complexity index is 427. The molecule has 0 radical (unpaired) electrons. The highest BCUT2D eigenvalue weighted by molar-refractivity contribution is 5.91. The van der Waals surface area contributed by atoms with Crippen molar-refractivity contribution in [3.63, 3.8) is 0 Å². The summed E-state index contributed by atoms with van der Waals surface area (Å²) in [6, 6.07) is 0. The Morgan fingerprint density at radius 1 is 1.47 bits per heavy atom. The molecule has 17 heavy (non-hydrogen) atoms. The van der Waals surface area contributed by atoms with Gasteiger partial charge in [-0.3, -0.25) is 4.79 Å². The minimum atomic E-state index is -0.590. The third-order valence-electron chi connectivity index (χ3n) is 2.47. The maximum absolute atomic E-state index is 11.8. The van der Waals surface area contributed by atoms with E-state index in [-0.39, 0.29) is 11.8 Å². The van der Waals surface area contributed by atoms with E-state index in [2.05, 4.69) is 15.6 Å². The van der Waals surface area contributed by atoms with Gasteiger partial charge in [0.2, 0.25) is 0 Å². The summed E-state index contributed by atoms with van der Waals surface area (Å²) in [4.78, 5) is 23.1. The summed E-state index contributed by atoms with van der Waals surface area (Å²) in [5, 5.41) is 5.40. The standard InChI is InChI=1S/C10H14N4O3/c1-6(2)7-4-9(15)14-8(11-7)5-13(12-14)10(16)17-3/h4-6,11-12H,1-3H3. The van der Waals surface area contributed by atoms with Crippen LogP contribution in [-0.2, 0) is 9.53 Å². The third-order valence-corrected chi connectivity index (χ3v) is 2.47. The first-order chi connectivity index (χ1) is 8.02. The van der Waals surface area contributed by atoms with E-state index in [9.17, 15) is 9.59 Å². The fourth-order valence-electron chi connectivity index (χ4n) is 1.51. The van der Waals surface area contributed by atoms with Gasteiger partial charge in [0, 0.05) is 11.8 Å². The molecule has 2 rings (SSSR count). The summed E-state index contributed by atoms with van der Waals surface area (Å²) in [6.07, 6.45) is 2.38. The van der Waals surface area contributed by atoms with Gasteiger partial charge in [0.15, 0.2) is 0 Å². The maximum Gasteiger partial charge on any atom is 0.429 e. The molecular formula is C10H14N4O3. The van der Waals surface area contributed by atoms with Crippen LogP contribution in [-0.4, -0.2) is 29.1 Å². The van der Waals surface area contributed by atoms with Crippen LogP contribution in [0.25, 0.3) is 0 Å². The van der Waals surface area contributed by atoms with Crippen LogP contribution in [0.2, 0.25) is 0 Å². The number of nitrogens with zero attached hydrogens (tertiary/aromatic N) is 2. The Morgan fingerprint density at radius 3 is 2.76 bits per heavy atom. The summed E-state index contributed by atoms with van der Waals surface area (Å²) in [5.74, 6) is 0.478. The highest BCUT2D eigenvalue weighted by atomic mass is 16.5. The number of allylic oxidation sites excluding steroid dienone is 1. The topological polar surface area (TPSA) is 73.9 Å². The van der Waals surface area contributed by atoms with Gasteiger partial charge in [0.05, 0.1) is 13.3 Å². The maximum atomic E-state index is 11.8. The van der Waals surface area contributed by atoms with Crippen molar-refractivity contribution in [1.29, 1.82) is 0 Å². The molecule has 0 bridgehead atoms. The minimum absolute atomic E-state index is 0.203. The minimum Gasteiger partial charge on any atom is -0.452 e. The van der Waals surface area contributed by atoms with E-state index in [4.69, 9.17) is 0 Å². The van der Waals surface area contributed by atoms with Gasteiger partial charge in [-0.25, -0.2) is 9.80 Å². The highest BCUT2D eigenvalue weighted by Gasteiger charge is 2.33. The predicted molar refractivity (Wildman–Crippen MR) is 58.4 cm³/mol. The SMILES string of the molecule is COC(=O)N1C=C2NC(C(C)C)=CC(=O)N2N1. The zero-order valence-corrected chi connectivity index (χ0v) is 9.85. The lowest BCUT2D eigenvalue weighted by Crippen LogP contribution is -2.49. The molecule has 0 saturated carbocycles. The van der Waals surface area contributed by atoms with Crippen LogP contribution in [0, 0.1) is 5.92 Å². The number of hydrogen-bond acceptors (Lipinski definition) is 5. The van der Waals surface area contributed by atoms with Crippen molar-refractivity contribution in [2.24, 2.45) is 5.92 Å². The van der Waals surface area contributed by atoms with Gasteiger partial charge in [-0.2, -0.15) is 5.01 Å².